The van der Waals surface area contributed by atoms with Gasteiger partial charge in [-0.3, -0.25) is 14.7 Å². The first kappa shape index (κ1) is 18.7. The Balaban J connectivity index is 1.43. The molecule has 1 aliphatic heterocycles. The summed E-state index contributed by atoms with van der Waals surface area (Å²) in [6, 6.07) is 13.7. The number of benzene rings is 1. The van der Waals surface area contributed by atoms with Gasteiger partial charge in [0.15, 0.2) is 0 Å². The van der Waals surface area contributed by atoms with E-state index in [1.807, 2.05) is 49.4 Å². The summed E-state index contributed by atoms with van der Waals surface area (Å²) >= 11 is 5.96. The molecule has 0 bridgehead atoms. The minimum Gasteiger partial charge on any atom is -0.369 e. The molecule has 3 rings (SSSR count). The fraction of sp³-hybridized carbons (Fsp3) is 0.400. The minimum atomic E-state index is -0.119. The van der Waals surface area contributed by atoms with Gasteiger partial charge < -0.3 is 10.2 Å². The highest BCUT2D eigenvalue weighted by Gasteiger charge is 2.25. The molecule has 1 N–H and O–H groups in total. The van der Waals surface area contributed by atoms with E-state index in [0.29, 0.717) is 6.54 Å². The van der Waals surface area contributed by atoms with Gasteiger partial charge in [0.05, 0.1) is 6.04 Å². The number of nitrogens with one attached hydrogen (secondary N) is 1. The summed E-state index contributed by atoms with van der Waals surface area (Å²) in [5.74, 6) is 0.0841. The van der Waals surface area contributed by atoms with Crippen molar-refractivity contribution in [3.8, 4) is 0 Å². The molecular formula is C20H25ClN4O. The number of rotatable bonds is 6. The van der Waals surface area contributed by atoms with E-state index in [1.165, 1.54) is 5.69 Å². The number of aromatic nitrogens is 1. The Kier molecular flexibility index (Phi) is 6.47. The van der Waals surface area contributed by atoms with E-state index in [-0.39, 0.29) is 11.9 Å². The third-order valence-electron chi connectivity index (χ3n) is 4.84. The van der Waals surface area contributed by atoms with E-state index in [1.54, 1.807) is 6.20 Å². The summed E-state index contributed by atoms with van der Waals surface area (Å²) in [5, 5.41) is 3.78. The third kappa shape index (κ3) is 4.96. The molecule has 26 heavy (non-hydrogen) atoms. The first-order chi connectivity index (χ1) is 12.6. The predicted octanol–water partition coefficient (Wildman–Crippen LogP) is 2.60. The molecule has 0 radical (unpaired) electrons. The van der Waals surface area contributed by atoms with Crippen molar-refractivity contribution in [1.29, 1.82) is 0 Å². The zero-order chi connectivity index (χ0) is 18.4. The molecule has 2 heterocycles. The Labute approximate surface area is 160 Å². The molecule has 1 aromatic carbocycles. The largest absolute Gasteiger partial charge is 0.369 e. The van der Waals surface area contributed by atoms with Gasteiger partial charge in [-0.15, -0.1) is 0 Å². The van der Waals surface area contributed by atoms with Crippen LogP contribution < -0.4 is 10.2 Å². The second-order valence-corrected chi connectivity index (χ2v) is 6.97. The van der Waals surface area contributed by atoms with Crippen molar-refractivity contribution in [2.45, 2.75) is 19.4 Å². The van der Waals surface area contributed by atoms with Crippen molar-refractivity contribution >= 4 is 23.2 Å². The maximum atomic E-state index is 12.4. The summed E-state index contributed by atoms with van der Waals surface area (Å²) < 4.78 is 0. The van der Waals surface area contributed by atoms with E-state index in [0.717, 1.165) is 43.3 Å². The van der Waals surface area contributed by atoms with Crippen LogP contribution in [0.1, 0.15) is 12.6 Å². The Hall–Kier alpha value is -2.11. The minimum absolute atomic E-state index is 0.0841. The number of amides is 1. The number of carbonyl (C=O) groups excluding carboxylic acids is 1. The second kappa shape index (κ2) is 9.01. The number of anilines is 1. The number of hydrogen-bond donors (Lipinski definition) is 1. The third-order valence-corrected chi connectivity index (χ3v) is 5.09. The van der Waals surface area contributed by atoms with Crippen LogP contribution in [0.5, 0.6) is 0 Å². The van der Waals surface area contributed by atoms with Crippen molar-refractivity contribution in [2.24, 2.45) is 0 Å². The maximum Gasteiger partial charge on any atom is 0.237 e. The molecular weight excluding hydrogens is 348 g/mol. The van der Waals surface area contributed by atoms with Crippen LogP contribution in [0.15, 0.2) is 48.7 Å². The molecule has 0 saturated carbocycles. The molecule has 1 aliphatic rings. The van der Waals surface area contributed by atoms with Crippen LogP contribution in [0.3, 0.4) is 0 Å². The quantitative estimate of drug-likeness (QED) is 0.846. The predicted molar refractivity (Wildman–Crippen MR) is 106 cm³/mol. The smallest absolute Gasteiger partial charge is 0.237 e. The van der Waals surface area contributed by atoms with Gasteiger partial charge in [0.25, 0.3) is 0 Å². The van der Waals surface area contributed by atoms with E-state index in [2.05, 4.69) is 20.1 Å². The first-order valence-corrected chi connectivity index (χ1v) is 9.43. The van der Waals surface area contributed by atoms with Crippen molar-refractivity contribution in [2.75, 3.05) is 37.6 Å². The molecule has 0 spiro atoms. The van der Waals surface area contributed by atoms with Crippen LogP contribution in [0.25, 0.3) is 0 Å². The van der Waals surface area contributed by atoms with Crippen molar-refractivity contribution in [3.05, 3.63) is 59.4 Å². The van der Waals surface area contributed by atoms with Crippen molar-refractivity contribution in [1.82, 2.24) is 15.2 Å². The standard InChI is InChI=1S/C20H25ClN4O/c1-16(20(26)23-11-9-18-4-2-3-10-22-18)24-12-14-25(15-13-24)19-7-5-17(21)6-8-19/h2-8,10,16H,9,11-15H2,1H3,(H,23,26)/t16-/m1/s1. The number of piperazine rings is 1. The van der Waals surface area contributed by atoms with Crippen LogP contribution in [0.2, 0.25) is 5.02 Å². The number of halogens is 1. The van der Waals surface area contributed by atoms with E-state index < -0.39 is 0 Å². The molecule has 1 aromatic heterocycles. The summed E-state index contributed by atoms with van der Waals surface area (Å²) in [6.45, 7) is 6.16. The fourth-order valence-corrected chi connectivity index (χ4v) is 3.32. The van der Waals surface area contributed by atoms with Gasteiger partial charge in [-0.05, 0) is 43.3 Å². The number of hydrogen-bond acceptors (Lipinski definition) is 4. The Morgan fingerprint density at radius 1 is 1.15 bits per heavy atom. The monoisotopic (exact) mass is 372 g/mol. The highest BCUT2D eigenvalue weighted by atomic mass is 35.5. The van der Waals surface area contributed by atoms with Gasteiger partial charge in [0, 0.05) is 61.7 Å². The van der Waals surface area contributed by atoms with Gasteiger partial charge in [0.2, 0.25) is 5.91 Å². The molecule has 0 aliphatic carbocycles. The van der Waals surface area contributed by atoms with Gasteiger partial charge in [-0.1, -0.05) is 17.7 Å². The van der Waals surface area contributed by atoms with Gasteiger partial charge in [0.1, 0.15) is 0 Å². The van der Waals surface area contributed by atoms with E-state index >= 15 is 0 Å². The normalized spacial score (nSPS) is 16.3. The summed E-state index contributed by atoms with van der Waals surface area (Å²) in [4.78, 5) is 21.3. The Morgan fingerprint density at radius 3 is 2.54 bits per heavy atom. The summed E-state index contributed by atoms with van der Waals surface area (Å²) in [5.41, 5.74) is 2.18. The maximum absolute atomic E-state index is 12.4. The van der Waals surface area contributed by atoms with Gasteiger partial charge >= 0.3 is 0 Å². The zero-order valence-corrected chi connectivity index (χ0v) is 15.8. The Morgan fingerprint density at radius 2 is 1.88 bits per heavy atom. The van der Waals surface area contributed by atoms with Crippen molar-refractivity contribution in [3.63, 3.8) is 0 Å². The van der Waals surface area contributed by atoms with Crippen LogP contribution in [-0.4, -0.2) is 54.6 Å². The second-order valence-electron chi connectivity index (χ2n) is 6.54. The average molecular weight is 373 g/mol. The molecule has 1 amide bonds. The molecule has 5 nitrogen and oxygen atoms in total. The fourth-order valence-electron chi connectivity index (χ4n) is 3.19. The lowest BCUT2D eigenvalue weighted by Crippen LogP contribution is -2.54. The lowest BCUT2D eigenvalue weighted by molar-refractivity contribution is -0.125. The number of carbonyl (C=O) groups is 1. The molecule has 1 atom stereocenters. The molecule has 1 fully saturated rings. The average Bonchev–Trinajstić information content (AvgIpc) is 2.69. The highest BCUT2D eigenvalue weighted by Crippen LogP contribution is 2.20. The van der Waals surface area contributed by atoms with E-state index in [4.69, 9.17) is 11.6 Å². The molecule has 6 heteroatoms. The van der Waals surface area contributed by atoms with Crippen LogP contribution in [0, 0.1) is 0 Å². The topological polar surface area (TPSA) is 48.5 Å². The zero-order valence-electron chi connectivity index (χ0n) is 15.1. The SMILES string of the molecule is C[C@H](C(=O)NCCc1ccccn1)N1CCN(c2ccc(Cl)cc2)CC1. The lowest BCUT2D eigenvalue weighted by Gasteiger charge is -2.38. The number of nitrogens with zero attached hydrogens (tertiary/aromatic N) is 3. The summed E-state index contributed by atoms with van der Waals surface area (Å²) in [7, 11) is 0. The Bertz CT molecular complexity index is 700. The summed E-state index contributed by atoms with van der Waals surface area (Å²) in [6.07, 6.45) is 2.53. The van der Waals surface area contributed by atoms with Gasteiger partial charge in [-0.25, -0.2) is 0 Å². The first-order valence-electron chi connectivity index (χ1n) is 9.05. The lowest BCUT2D eigenvalue weighted by atomic mass is 10.2. The molecule has 0 unspecified atom stereocenters. The van der Waals surface area contributed by atoms with Crippen LogP contribution >= 0.6 is 11.6 Å². The molecule has 138 valence electrons. The van der Waals surface area contributed by atoms with Crippen molar-refractivity contribution < 1.29 is 4.79 Å². The van der Waals surface area contributed by atoms with Crippen LogP contribution in [0.4, 0.5) is 5.69 Å². The molecule has 2 aromatic rings. The highest BCUT2D eigenvalue weighted by molar-refractivity contribution is 6.30. The van der Waals surface area contributed by atoms with Gasteiger partial charge in [-0.2, -0.15) is 0 Å². The van der Waals surface area contributed by atoms with Crippen LogP contribution in [-0.2, 0) is 11.2 Å². The number of pyridine rings is 1. The molecule has 1 saturated heterocycles. The van der Waals surface area contributed by atoms with E-state index in [9.17, 15) is 4.79 Å².